The molecule has 0 bridgehead atoms. The first-order valence-corrected chi connectivity index (χ1v) is 11.8. The highest BCUT2D eigenvalue weighted by Crippen LogP contribution is 2.26. The molecule has 0 saturated carbocycles. The number of aromatic nitrogens is 2. The highest BCUT2D eigenvalue weighted by Gasteiger charge is 2.17. The van der Waals surface area contributed by atoms with Gasteiger partial charge in [0.25, 0.3) is 15.6 Å². The highest BCUT2D eigenvalue weighted by atomic mass is 35.5. The summed E-state index contributed by atoms with van der Waals surface area (Å²) in [6, 6.07) is 18.1. The second-order valence-corrected chi connectivity index (χ2v) is 9.79. The first-order chi connectivity index (χ1) is 15.4. The van der Waals surface area contributed by atoms with Gasteiger partial charge in [0.05, 0.1) is 5.69 Å². The highest BCUT2D eigenvalue weighted by molar-refractivity contribution is 7.94. The lowest BCUT2D eigenvalue weighted by atomic mass is 10.1. The lowest BCUT2D eigenvalue weighted by Crippen LogP contribution is -2.16. The Balaban J connectivity index is 1.72. The van der Waals surface area contributed by atoms with Crippen LogP contribution in [0.4, 0.5) is 17.3 Å². The number of nitrogens with zero attached hydrogens (tertiary/aromatic N) is 2. The Morgan fingerprint density at radius 3 is 2.53 bits per heavy atom. The summed E-state index contributed by atoms with van der Waals surface area (Å²) in [5, 5.41) is 14.7. The van der Waals surface area contributed by atoms with E-state index in [-0.39, 0.29) is 27.1 Å². The molecule has 0 aliphatic heterocycles. The summed E-state index contributed by atoms with van der Waals surface area (Å²) in [5.74, 6) is 0.121. The Bertz CT molecular complexity index is 1480. The summed E-state index contributed by atoms with van der Waals surface area (Å²) >= 11 is 6.99. The van der Waals surface area contributed by atoms with Crippen LogP contribution >= 0.6 is 22.9 Å². The molecule has 4 rings (SSSR count). The Hall–Kier alpha value is -3.65. The van der Waals surface area contributed by atoms with Gasteiger partial charge >= 0.3 is 0 Å². The molecule has 0 fully saturated rings. The van der Waals surface area contributed by atoms with Crippen molar-refractivity contribution in [2.24, 2.45) is 0 Å². The van der Waals surface area contributed by atoms with Gasteiger partial charge in [0, 0.05) is 22.0 Å². The van der Waals surface area contributed by atoms with E-state index in [1.165, 1.54) is 12.1 Å². The van der Waals surface area contributed by atoms with Crippen LogP contribution in [0.5, 0.6) is 0 Å². The molecule has 32 heavy (non-hydrogen) atoms. The van der Waals surface area contributed by atoms with Crippen molar-refractivity contribution in [1.29, 1.82) is 5.26 Å². The zero-order valence-corrected chi connectivity index (χ0v) is 18.6. The molecule has 8 nitrogen and oxygen atoms in total. The van der Waals surface area contributed by atoms with E-state index in [1.54, 1.807) is 53.9 Å². The van der Waals surface area contributed by atoms with Crippen LogP contribution in [0.25, 0.3) is 11.3 Å². The van der Waals surface area contributed by atoms with E-state index < -0.39 is 15.6 Å². The number of H-pyrrole nitrogens is 1. The average molecular weight is 484 g/mol. The zero-order valence-electron chi connectivity index (χ0n) is 16.2. The van der Waals surface area contributed by atoms with E-state index in [4.69, 9.17) is 11.6 Å². The minimum atomic E-state index is -3.75. The molecule has 0 aliphatic rings. The minimum absolute atomic E-state index is 0.116. The van der Waals surface area contributed by atoms with Crippen LogP contribution in [-0.2, 0) is 10.0 Å². The van der Waals surface area contributed by atoms with Gasteiger partial charge in [-0.25, -0.2) is 13.4 Å². The molecule has 160 valence electrons. The van der Waals surface area contributed by atoms with Gasteiger partial charge in [-0.1, -0.05) is 29.8 Å². The van der Waals surface area contributed by atoms with Crippen LogP contribution in [0, 0.1) is 11.3 Å². The quantitative estimate of drug-likeness (QED) is 0.368. The molecule has 4 aromatic rings. The molecule has 0 radical (unpaired) electrons. The van der Waals surface area contributed by atoms with Gasteiger partial charge in [0.15, 0.2) is 0 Å². The summed E-state index contributed by atoms with van der Waals surface area (Å²) in [4.78, 5) is 19.4. The maximum absolute atomic E-state index is 12.5. The fourth-order valence-corrected chi connectivity index (χ4v) is 5.04. The number of hydrogen-bond acceptors (Lipinski definition) is 7. The second-order valence-electron chi connectivity index (χ2n) is 6.50. The lowest BCUT2D eigenvalue weighted by molar-refractivity contribution is 0.603. The first-order valence-electron chi connectivity index (χ1n) is 9.09. The Kier molecular flexibility index (Phi) is 5.96. The number of sulfonamides is 1. The first kappa shape index (κ1) is 21.6. The number of thiophene rings is 1. The van der Waals surface area contributed by atoms with E-state index in [0.717, 1.165) is 11.3 Å². The number of anilines is 3. The van der Waals surface area contributed by atoms with Crippen LogP contribution in [-0.4, -0.2) is 18.4 Å². The summed E-state index contributed by atoms with van der Waals surface area (Å²) in [6.45, 7) is 0. The fraction of sp³-hybridized carbons (Fsp3) is 0. The Morgan fingerprint density at radius 1 is 1.06 bits per heavy atom. The predicted molar refractivity (Wildman–Crippen MR) is 125 cm³/mol. The third-order valence-electron chi connectivity index (χ3n) is 4.29. The normalized spacial score (nSPS) is 11.0. The van der Waals surface area contributed by atoms with Crippen molar-refractivity contribution in [2.75, 3.05) is 10.0 Å². The van der Waals surface area contributed by atoms with Crippen LogP contribution in [0.2, 0.25) is 5.02 Å². The van der Waals surface area contributed by atoms with Gasteiger partial charge in [0.1, 0.15) is 15.8 Å². The number of halogens is 1. The van der Waals surface area contributed by atoms with Crippen molar-refractivity contribution in [3.05, 3.63) is 87.0 Å². The average Bonchev–Trinajstić information content (AvgIpc) is 3.31. The third kappa shape index (κ3) is 4.65. The number of rotatable bonds is 6. The van der Waals surface area contributed by atoms with E-state index in [0.29, 0.717) is 16.3 Å². The number of hydrogen-bond donors (Lipinski definition) is 3. The van der Waals surface area contributed by atoms with Crippen molar-refractivity contribution in [3.63, 3.8) is 0 Å². The van der Waals surface area contributed by atoms with E-state index in [1.807, 2.05) is 6.07 Å². The van der Waals surface area contributed by atoms with Crippen LogP contribution in [0.1, 0.15) is 5.56 Å². The summed E-state index contributed by atoms with van der Waals surface area (Å²) in [7, 11) is -3.75. The molecule has 0 saturated heterocycles. The van der Waals surface area contributed by atoms with Crippen molar-refractivity contribution >= 4 is 50.3 Å². The fourth-order valence-electron chi connectivity index (χ4n) is 2.87. The van der Waals surface area contributed by atoms with Crippen molar-refractivity contribution < 1.29 is 8.42 Å². The van der Waals surface area contributed by atoms with E-state index in [2.05, 4.69) is 20.0 Å². The van der Waals surface area contributed by atoms with Crippen LogP contribution < -0.4 is 15.6 Å². The lowest BCUT2D eigenvalue weighted by Gasteiger charge is -2.11. The maximum atomic E-state index is 12.5. The molecule has 3 N–H and O–H groups in total. The predicted octanol–water partition coefficient (Wildman–Crippen LogP) is 4.57. The van der Waals surface area contributed by atoms with Crippen molar-refractivity contribution in [2.45, 2.75) is 4.21 Å². The molecular weight excluding hydrogens is 470 g/mol. The minimum Gasteiger partial charge on any atom is -0.326 e. The van der Waals surface area contributed by atoms with Crippen molar-refractivity contribution in [1.82, 2.24) is 9.97 Å². The Labute approximate surface area is 192 Å². The van der Waals surface area contributed by atoms with E-state index >= 15 is 0 Å². The Morgan fingerprint density at radius 2 is 1.84 bits per heavy atom. The number of aromatic amines is 1. The van der Waals surface area contributed by atoms with Crippen LogP contribution in [0.3, 0.4) is 0 Å². The smallest absolute Gasteiger partial charge is 0.271 e. The topological polar surface area (TPSA) is 128 Å². The van der Waals surface area contributed by atoms with Crippen LogP contribution in [0.15, 0.2) is 75.0 Å². The molecular formula is C21H14ClN5O3S2. The van der Waals surface area contributed by atoms with Gasteiger partial charge in [-0.15, -0.1) is 11.3 Å². The molecule has 0 aliphatic carbocycles. The maximum Gasteiger partial charge on any atom is 0.271 e. The van der Waals surface area contributed by atoms with Gasteiger partial charge in [0.2, 0.25) is 5.95 Å². The number of nitriles is 1. The largest absolute Gasteiger partial charge is 0.326 e. The molecule has 2 heterocycles. The molecule has 2 aromatic heterocycles. The monoisotopic (exact) mass is 483 g/mol. The van der Waals surface area contributed by atoms with Gasteiger partial charge in [-0.3, -0.25) is 14.5 Å². The van der Waals surface area contributed by atoms with Crippen molar-refractivity contribution in [3.8, 4) is 17.3 Å². The standard InChI is InChI=1S/C21H14ClN5O3S2/c22-14-6-8-15(9-7-14)24-21-25-19(17(12-23)20(28)26-21)13-3-1-4-16(11-13)27-32(29,30)18-5-2-10-31-18/h1-11,27H,(H2,24,25,26,28). The summed E-state index contributed by atoms with van der Waals surface area (Å²) in [6.07, 6.45) is 0. The second kappa shape index (κ2) is 8.84. The van der Waals surface area contributed by atoms with E-state index in [9.17, 15) is 18.5 Å². The molecule has 0 spiro atoms. The number of nitrogens with one attached hydrogen (secondary N) is 3. The molecule has 0 unspecified atom stereocenters. The van der Waals surface area contributed by atoms with Gasteiger partial charge < -0.3 is 5.32 Å². The summed E-state index contributed by atoms with van der Waals surface area (Å²) < 4.78 is 27.7. The number of benzene rings is 2. The van der Waals surface area contributed by atoms with Gasteiger partial charge in [-0.05, 0) is 47.8 Å². The summed E-state index contributed by atoms with van der Waals surface area (Å²) in [5.41, 5.74) is 0.603. The van der Waals surface area contributed by atoms with Gasteiger partial charge in [-0.2, -0.15) is 5.26 Å². The zero-order chi connectivity index (χ0) is 22.7. The third-order valence-corrected chi connectivity index (χ3v) is 7.32. The molecule has 11 heteroatoms. The SMILES string of the molecule is N#Cc1c(-c2cccc(NS(=O)(=O)c3cccs3)c2)nc(Nc2ccc(Cl)cc2)[nH]c1=O. The molecule has 2 aromatic carbocycles. The molecule has 0 amide bonds. The molecule has 0 atom stereocenters.